The number of rotatable bonds is 1. The summed E-state index contributed by atoms with van der Waals surface area (Å²) >= 11 is 0. The summed E-state index contributed by atoms with van der Waals surface area (Å²) in [6.07, 6.45) is 2.32. The average Bonchev–Trinajstić information content (AvgIpc) is 2.49. The van der Waals surface area contributed by atoms with E-state index in [1.54, 1.807) is 4.68 Å². The van der Waals surface area contributed by atoms with E-state index in [2.05, 4.69) is 29.4 Å². The zero-order valence-corrected chi connectivity index (χ0v) is 8.42. The van der Waals surface area contributed by atoms with E-state index >= 15 is 0 Å². The van der Waals surface area contributed by atoms with Crippen molar-refractivity contribution in [2.75, 3.05) is 5.73 Å². The Morgan fingerprint density at radius 1 is 1.36 bits per heavy atom. The summed E-state index contributed by atoms with van der Waals surface area (Å²) in [6.45, 7) is 4.12. The maximum absolute atomic E-state index is 5.65. The van der Waals surface area contributed by atoms with E-state index < -0.39 is 0 Å². The molecular weight excluding hydrogens is 182 g/mol. The maximum atomic E-state index is 5.65. The fourth-order valence-corrected chi connectivity index (χ4v) is 2.03. The number of anilines is 1. The predicted octanol–water partition coefficient (Wildman–Crippen LogP) is 0.384. The van der Waals surface area contributed by atoms with Gasteiger partial charge < -0.3 is 10.5 Å². The average molecular weight is 197 g/mol. The Morgan fingerprint density at radius 2 is 2.00 bits per heavy atom. The maximum Gasteiger partial charge on any atom is 0.240 e. The Hall–Kier alpha value is -1.17. The topological polar surface area (TPSA) is 78.9 Å². The van der Waals surface area contributed by atoms with Gasteiger partial charge in [-0.25, -0.2) is 4.68 Å². The van der Waals surface area contributed by atoms with Crippen LogP contribution in [0.1, 0.15) is 32.7 Å². The third-order valence-electron chi connectivity index (χ3n) is 2.54. The van der Waals surface area contributed by atoms with Gasteiger partial charge in [0, 0.05) is 0 Å². The molecule has 1 saturated heterocycles. The molecule has 2 unspecified atom stereocenters. The third-order valence-corrected chi connectivity index (χ3v) is 2.54. The largest absolute Gasteiger partial charge is 0.375 e. The second kappa shape index (κ2) is 3.53. The molecule has 1 aromatic heterocycles. The normalized spacial score (nSPS) is 33.1. The lowest BCUT2D eigenvalue weighted by molar-refractivity contribution is -0.0505. The summed E-state index contributed by atoms with van der Waals surface area (Å²) in [4.78, 5) is 0. The Balaban J connectivity index is 2.15. The van der Waals surface area contributed by atoms with E-state index in [0.717, 1.165) is 12.8 Å². The van der Waals surface area contributed by atoms with Crippen LogP contribution in [0.5, 0.6) is 0 Å². The van der Waals surface area contributed by atoms with Gasteiger partial charge in [0.05, 0.1) is 18.2 Å². The molecule has 2 atom stereocenters. The lowest BCUT2D eigenvalue weighted by Crippen LogP contribution is -2.31. The molecule has 0 saturated carbocycles. The molecule has 2 rings (SSSR count). The fourth-order valence-electron chi connectivity index (χ4n) is 2.03. The second-order valence-corrected chi connectivity index (χ2v) is 3.86. The highest BCUT2D eigenvalue weighted by atomic mass is 16.5. The van der Waals surface area contributed by atoms with Crippen LogP contribution >= 0.6 is 0 Å². The minimum atomic E-state index is 0.243. The van der Waals surface area contributed by atoms with Gasteiger partial charge in [0.15, 0.2) is 0 Å². The lowest BCUT2D eigenvalue weighted by Gasteiger charge is -2.31. The third kappa shape index (κ3) is 1.70. The molecule has 1 aromatic rings. The Labute approximate surface area is 82.4 Å². The first-order chi connectivity index (χ1) is 6.66. The Morgan fingerprint density at radius 3 is 2.50 bits per heavy atom. The van der Waals surface area contributed by atoms with Gasteiger partial charge in [-0.3, -0.25) is 0 Å². The van der Waals surface area contributed by atoms with Crippen LogP contribution in [0.3, 0.4) is 0 Å². The second-order valence-electron chi connectivity index (χ2n) is 3.86. The predicted molar refractivity (Wildman–Crippen MR) is 50.5 cm³/mol. The summed E-state index contributed by atoms with van der Waals surface area (Å²) in [5, 5.41) is 11.1. The molecule has 0 spiro atoms. The molecule has 0 aliphatic carbocycles. The van der Waals surface area contributed by atoms with Crippen molar-refractivity contribution >= 4 is 5.95 Å². The van der Waals surface area contributed by atoms with Crippen LogP contribution in [0.4, 0.5) is 5.95 Å². The minimum Gasteiger partial charge on any atom is -0.375 e. The van der Waals surface area contributed by atoms with Gasteiger partial charge in [0.25, 0.3) is 0 Å². The quantitative estimate of drug-likeness (QED) is 0.704. The van der Waals surface area contributed by atoms with Crippen molar-refractivity contribution in [3.63, 3.8) is 0 Å². The molecule has 2 N–H and O–H groups in total. The van der Waals surface area contributed by atoms with Gasteiger partial charge in [0.1, 0.15) is 0 Å². The van der Waals surface area contributed by atoms with Gasteiger partial charge in [-0.15, -0.1) is 0 Å². The highest BCUT2D eigenvalue weighted by Gasteiger charge is 2.27. The summed E-state index contributed by atoms with van der Waals surface area (Å²) in [7, 11) is 0. The van der Waals surface area contributed by atoms with E-state index in [4.69, 9.17) is 10.5 Å². The zero-order valence-electron chi connectivity index (χ0n) is 8.42. The van der Waals surface area contributed by atoms with Crippen LogP contribution in [-0.2, 0) is 4.74 Å². The number of nitrogens with zero attached hydrogens (tertiary/aromatic N) is 4. The van der Waals surface area contributed by atoms with Gasteiger partial charge in [-0.1, -0.05) is 5.10 Å². The summed E-state index contributed by atoms with van der Waals surface area (Å²) in [5.41, 5.74) is 5.65. The lowest BCUT2D eigenvalue weighted by atomic mass is 10.0. The van der Waals surface area contributed by atoms with Gasteiger partial charge in [-0.05, 0) is 37.1 Å². The molecule has 0 aromatic carbocycles. The minimum absolute atomic E-state index is 0.243. The van der Waals surface area contributed by atoms with E-state index in [1.165, 1.54) is 0 Å². The highest BCUT2D eigenvalue weighted by molar-refractivity contribution is 5.11. The highest BCUT2D eigenvalue weighted by Crippen LogP contribution is 2.28. The van der Waals surface area contributed by atoms with Crippen molar-refractivity contribution in [2.24, 2.45) is 0 Å². The van der Waals surface area contributed by atoms with E-state index in [0.29, 0.717) is 5.95 Å². The van der Waals surface area contributed by atoms with Crippen LogP contribution < -0.4 is 5.73 Å². The number of nitrogen functional groups attached to an aromatic ring is 1. The zero-order chi connectivity index (χ0) is 10.1. The molecular formula is C8H15N5O. The molecule has 1 aliphatic rings. The van der Waals surface area contributed by atoms with E-state index in [9.17, 15) is 0 Å². The van der Waals surface area contributed by atoms with Gasteiger partial charge in [0.2, 0.25) is 5.95 Å². The number of hydrogen-bond acceptors (Lipinski definition) is 5. The van der Waals surface area contributed by atoms with Crippen molar-refractivity contribution in [2.45, 2.75) is 44.9 Å². The number of hydrogen-bond donors (Lipinski definition) is 1. The van der Waals surface area contributed by atoms with Crippen molar-refractivity contribution < 1.29 is 4.74 Å². The molecule has 0 radical (unpaired) electrons. The summed E-state index contributed by atoms with van der Waals surface area (Å²) in [6, 6.07) is 0.267. The Kier molecular flexibility index (Phi) is 2.37. The molecule has 6 nitrogen and oxygen atoms in total. The van der Waals surface area contributed by atoms with Gasteiger partial charge >= 0.3 is 0 Å². The van der Waals surface area contributed by atoms with Crippen LogP contribution in [0, 0.1) is 0 Å². The monoisotopic (exact) mass is 197 g/mol. The molecule has 0 amide bonds. The fraction of sp³-hybridized carbons (Fsp3) is 0.875. The summed E-state index contributed by atoms with van der Waals surface area (Å²) in [5.74, 6) is 0.385. The molecule has 1 fully saturated rings. The first-order valence-corrected chi connectivity index (χ1v) is 4.85. The van der Waals surface area contributed by atoms with Crippen molar-refractivity contribution in [1.82, 2.24) is 20.2 Å². The number of aromatic nitrogens is 4. The molecule has 78 valence electrons. The van der Waals surface area contributed by atoms with Crippen molar-refractivity contribution in [1.29, 1.82) is 0 Å². The SMILES string of the molecule is CC1CC(n2nnnc2N)CC(C)O1. The van der Waals surface area contributed by atoms with Crippen LogP contribution in [-0.4, -0.2) is 32.4 Å². The van der Waals surface area contributed by atoms with Crippen LogP contribution in [0.2, 0.25) is 0 Å². The van der Waals surface area contributed by atoms with Gasteiger partial charge in [-0.2, -0.15) is 0 Å². The smallest absolute Gasteiger partial charge is 0.240 e. The van der Waals surface area contributed by atoms with E-state index in [1.807, 2.05) is 0 Å². The van der Waals surface area contributed by atoms with Crippen LogP contribution in [0.15, 0.2) is 0 Å². The number of nitrogens with two attached hydrogens (primary N) is 1. The molecule has 2 heterocycles. The molecule has 0 bridgehead atoms. The van der Waals surface area contributed by atoms with Crippen LogP contribution in [0.25, 0.3) is 0 Å². The van der Waals surface area contributed by atoms with Crippen molar-refractivity contribution in [3.05, 3.63) is 0 Å². The number of tetrazole rings is 1. The first kappa shape index (κ1) is 9.39. The molecule has 6 heteroatoms. The van der Waals surface area contributed by atoms with Crippen molar-refractivity contribution in [3.8, 4) is 0 Å². The molecule has 1 aliphatic heterocycles. The number of ether oxygens (including phenoxy) is 1. The van der Waals surface area contributed by atoms with E-state index in [-0.39, 0.29) is 18.2 Å². The Bertz CT molecular complexity index is 302. The standard InChI is InChI=1S/C8H15N5O/c1-5-3-7(4-6(2)14-5)13-8(9)10-11-12-13/h5-7H,3-4H2,1-2H3,(H2,9,10,12). The first-order valence-electron chi connectivity index (χ1n) is 4.85. The summed E-state index contributed by atoms with van der Waals surface area (Å²) < 4.78 is 7.32. The molecule has 14 heavy (non-hydrogen) atoms.